The van der Waals surface area contributed by atoms with Crippen LogP contribution in [0.5, 0.6) is 0 Å². The average molecular weight is 238 g/mol. The van der Waals surface area contributed by atoms with Crippen molar-refractivity contribution in [3.8, 4) is 0 Å². The summed E-state index contributed by atoms with van der Waals surface area (Å²) in [6, 6.07) is 3.43. The molecule has 1 atom stereocenters. The standard InChI is InChI=1S/C11H15N2O2P/c1-16-10(14)5-3-7-13-11(15)9-4-2-6-12-8-9/h2,4,6,8,16H,3,5,7H2,1H3,(H,13,15). The van der Waals surface area contributed by atoms with E-state index in [1.165, 1.54) is 6.20 Å². The van der Waals surface area contributed by atoms with Crippen molar-refractivity contribution in [2.24, 2.45) is 0 Å². The van der Waals surface area contributed by atoms with E-state index in [-0.39, 0.29) is 11.4 Å². The molecule has 1 N–H and O–H groups in total. The van der Waals surface area contributed by atoms with Crippen molar-refractivity contribution >= 4 is 20.0 Å². The highest BCUT2D eigenvalue weighted by molar-refractivity contribution is 7.57. The molecule has 86 valence electrons. The molecule has 0 saturated carbocycles. The Morgan fingerprint density at radius 3 is 2.94 bits per heavy atom. The number of nitrogens with zero attached hydrogens (tertiary/aromatic N) is 1. The molecule has 1 heterocycles. The molecule has 0 radical (unpaired) electrons. The zero-order valence-electron chi connectivity index (χ0n) is 9.19. The lowest BCUT2D eigenvalue weighted by Gasteiger charge is -2.03. The Bertz CT molecular complexity index is 354. The smallest absolute Gasteiger partial charge is 0.252 e. The number of carbonyl (C=O) groups is 2. The van der Waals surface area contributed by atoms with Crippen LogP contribution >= 0.6 is 8.58 Å². The van der Waals surface area contributed by atoms with E-state index in [4.69, 9.17) is 0 Å². The summed E-state index contributed by atoms with van der Waals surface area (Å²) < 4.78 is 0. The third-order valence-electron chi connectivity index (χ3n) is 2.07. The topological polar surface area (TPSA) is 59.1 Å². The van der Waals surface area contributed by atoms with Crippen LogP contribution in [-0.2, 0) is 4.79 Å². The van der Waals surface area contributed by atoms with Crippen molar-refractivity contribution in [3.05, 3.63) is 30.1 Å². The van der Waals surface area contributed by atoms with Crippen LogP contribution in [0.4, 0.5) is 0 Å². The van der Waals surface area contributed by atoms with E-state index >= 15 is 0 Å². The first-order valence-electron chi connectivity index (χ1n) is 5.13. The van der Waals surface area contributed by atoms with Gasteiger partial charge in [-0.05, 0) is 25.2 Å². The fraction of sp³-hybridized carbons (Fsp3) is 0.364. The maximum absolute atomic E-state index is 11.5. The first kappa shape index (κ1) is 12.8. The molecule has 4 nitrogen and oxygen atoms in total. The fourth-order valence-corrected chi connectivity index (χ4v) is 1.60. The van der Waals surface area contributed by atoms with Gasteiger partial charge in [0.2, 0.25) is 0 Å². The molecular weight excluding hydrogens is 223 g/mol. The Morgan fingerprint density at radius 2 is 2.31 bits per heavy atom. The Labute approximate surface area is 96.6 Å². The number of nitrogens with one attached hydrogen (secondary N) is 1. The number of aromatic nitrogens is 1. The number of hydrogen-bond donors (Lipinski definition) is 1. The molecule has 0 bridgehead atoms. The lowest BCUT2D eigenvalue weighted by Crippen LogP contribution is -2.24. The van der Waals surface area contributed by atoms with Crippen molar-refractivity contribution in [2.45, 2.75) is 12.8 Å². The third kappa shape index (κ3) is 4.49. The molecule has 1 amide bonds. The molecule has 1 aromatic rings. The molecule has 5 heteroatoms. The summed E-state index contributed by atoms with van der Waals surface area (Å²) in [7, 11) is 0.349. The van der Waals surface area contributed by atoms with Crippen LogP contribution in [0.3, 0.4) is 0 Å². The van der Waals surface area contributed by atoms with Crippen molar-refractivity contribution in [1.82, 2.24) is 10.3 Å². The molecule has 0 fully saturated rings. The first-order chi connectivity index (χ1) is 7.74. The zero-order chi connectivity index (χ0) is 11.8. The largest absolute Gasteiger partial charge is 0.352 e. The lowest BCUT2D eigenvalue weighted by molar-refractivity contribution is -0.111. The molecule has 1 unspecified atom stereocenters. The van der Waals surface area contributed by atoms with Crippen LogP contribution in [0.15, 0.2) is 24.5 Å². The second kappa shape index (κ2) is 7.07. The van der Waals surface area contributed by atoms with Gasteiger partial charge in [0.25, 0.3) is 5.91 Å². The summed E-state index contributed by atoms with van der Waals surface area (Å²) in [4.78, 5) is 26.4. The Morgan fingerprint density at radius 1 is 1.50 bits per heavy atom. The van der Waals surface area contributed by atoms with Gasteiger partial charge in [-0.15, -0.1) is 0 Å². The highest BCUT2D eigenvalue weighted by atomic mass is 31.1. The summed E-state index contributed by atoms with van der Waals surface area (Å²) >= 11 is 0. The van der Waals surface area contributed by atoms with Crippen molar-refractivity contribution in [1.29, 1.82) is 0 Å². The number of carbonyl (C=O) groups excluding carboxylic acids is 2. The predicted molar refractivity (Wildman–Crippen MR) is 65.1 cm³/mol. The van der Waals surface area contributed by atoms with Crippen LogP contribution in [0.25, 0.3) is 0 Å². The van der Waals surface area contributed by atoms with Gasteiger partial charge in [-0.3, -0.25) is 14.6 Å². The molecule has 0 aromatic carbocycles. The average Bonchev–Trinajstić information content (AvgIpc) is 2.35. The lowest BCUT2D eigenvalue weighted by atomic mass is 10.2. The van der Waals surface area contributed by atoms with Crippen molar-refractivity contribution in [3.63, 3.8) is 0 Å². The van der Waals surface area contributed by atoms with Crippen LogP contribution in [-0.4, -0.2) is 29.6 Å². The van der Waals surface area contributed by atoms with Crippen molar-refractivity contribution in [2.75, 3.05) is 13.2 Å². The molecule has 1 aromatic heterocycles. The first-order valence-corrected chi connectivity index (χ1v) is 6.63. The minimum Gasteiger partial charge on any atom is -0.352 e. The molecule has 0 spiro atoms. The van der Waals surface area contributed by atoms with Crippen molar-refractivity contribution < 1.29 is 9.59 Å². The molecule has 0 aliphatic heterocycles. The summed E-state index contributed by atoms with van der Waals surface area (Å²) in [5.41, 5.74) is 0.807. The van der Waals surface area contributed by atoms with E-state index in [0.717, 1.165) is 0 Å². The molecular formula is C11H15N2O2P. The summed E-state index contributed by atoms with van der Waals surface area (Å²) in [5, 5.41) is 2.75. The van der Waals surface area contributed by atoms with Crippen LogP contribution < -0.4 is 5.32 Å². The summed E-state index contributed by atoms with van der Waals surface area (Å²) in [6.07, 6.45) is 4.39. The summed E-state index contributed by atoms with van der Waals surface area (Å²) in [6.45, 7) is 2.40. The third-order valence-corrected chi connectivity index (χ3v) is 2.88. The molecule has 1 rings (SSSR count). The quantitative estimate of drug-likeness (QED) is 0.602. The van der Waals surface area contributed by atoms with Gasteiger partial charge in [0.15, 0.2) is 5.52 Å². The van der Waals surface area contributed by atoms with Crippen LogP contribution in [0, 0.1) is 0 Å². The van der Waals surface area contributed by atoms with E-state index in [1.807, 2.05) is 6.66 Å². The minimum atomic E-state index is -0.139. The normalized spacial score (nSPS) is 10.6. The van der Waals surface area contributed by atoms with Crippen LogP contribution in [0.1, 0.15) is 23.2 Å². The van der Waals surface area contributed by atoms with Gasteiger partial charge < -0.3 is 5.32 Å². The predicted octanol–water partition coefficient (Wildman–Crippen LogP) is 1.43. The fourth-order valence-electron chi connectivity index (χ4n) is 1.18. The van der Waals surface area contributed by atoms with Gasteiger partial charge in [0.05, 0.1) is 5.56 Å². The van der Waals surface area contributed by atoms with E-state index in [2.05, 4.69) is 10.3 Å². The molecule has 0 aliphatic carbocycles. The van der Waals surface area contributed by atoms with E-state index in [0.29, 0.717) is 33.5 Å². The highest BCUT2D eigenvalue weighted by Crippen LogP contribution is 2.08. The van der Waals surface area contributed by atoms with E-state index < -0.39 is 0 Å². The highest BCUT2D eigenvalue weighted by Gasteiger charge is 2.04. The molecule has 0 saturated heterocycles. The van der Waals surface area contributed by atoms with Gasteiger partial charge in [-0.2, -0.15) is 0 Å². The zero-order valence-corrected chi connectivity index (χ0v) is 10.2. The minimum absolute atomic E-state index is 0.139. The Hall–Kier alpha value is -1.28. The Balaban J connectivity index is 2.24. The number of pyridine rings is 1. The van der Waals surface area contributed by atoms with Gasteiger partial charge in [-0.1, -0.05) is 8.58 Å². The number of rotatable bonds is 6. The second-order valence-electron chi connectivity index (χ2n) is 3.27. The van der Waals surface area contributed by atoms with E-state index in [1.54, 1.807) is 18.3 Å². The monoisotopic (exact) mass is 238 g/mol. The maximum atomic E-state index is 11.5. The Kier molecular flexibility index (Phi) is 5.65. The molecule has 16 heavy (non-hydrogen) atoms. The molecule has 0 aliphatic rings. The van der Waals surface area contributed by atoms with Gasteiger partial charge in [0.1, 0.15) is 0 Å². The van der Waals surface area contributed by atoms with Crippen LogP contribution in [0.2, 0.25) is 0 Å². The number of amides is 1. The second-order valence-corrected chi connectivity index (χ2v) is 4.33. The maximum Gasteiger partial charge on any atom is 0.252 e. The summed E-state index contributed by atoms with van der Waals surface area (Å²) in [5.74, 6) is -0.139. The SMILES string of the molecule is CPC(=O)CCCNC(=O)c1cccnc1. The van der Waals surface area contributed by atoms with E-state index in [9.17, 15) is 9.59 Å². The van der Waals surface area contributed by atoms with Gasteiger partial charge in [0, 0.05) is 25.4 Å². The number of hydrogen-bond acceptors (Lipinski definition) is 3. The van der Waals surface area contributed by atoms with Gasteiger partial charge in [-0.25, -0.2) is 0 Å². The van der Waals surface area contributed by atoms with Gasteiger partial charge >= 0.3 is 0 Å².